The van der Waals surface area contributed by atoms with Crippen molar-refractivity contribution in [1.29, 1.82) is 5.26 Å². The molecule has 1 heterocycles. The van der Waals surface area contributed by atoms with E-state index in [4.69, 9.17) is 0 Å². The molecule has 0 spiro atoms. The summed E-state index contributed by atoms with van der Waals surface area (Å²) in [5.41, 5.74) is 3.43. The van der Waals surface area contributed by atoms with Crippen LogP contribution in [0.15, 0.2) is 72.8 Å². The lowest BCUT2D eigenvalue weighted by atomic mass is 9.97. The number of nitrogens with zero attached hydrogens (tertiary/aromatic N) is 3. The highest BCUT2D eigenvalue weighted by molar-refractivity contribution is 5.58. The number of benzene rings is 2. The Morgan fingerprint density at radius 1 is 0.762 bits per heavy atom. The van der Waals surface area contributed by atoms with Crippen LogP contribution in [0.3, 0.4) is 0 Å². The van der Waals surface area contributed by atoms with Crippen LogP contribution < -0.4 is 0 Å². The maximum atomic E-state index is 9.40. The summed E-state index contributed by atoms with van der Waals surface area (Å²) in [4.78, 5) is 0. The van der Waals surface area contributed by atoms with Gasteiger partial charge < -0.3 is 0 Å². The molecule has 2 aromatic carbocycles. The molecule has 3 aromatic rings. The molecule has 0 N–H and O–H groups in total. The summed E-state index contributed by atoms with van der Waals surface area (Å²) in [6.45, 7) is 0. The largest absolute Gasteiger partial charge is 0.197 e. The molecule has 0 aliphatic carbocycles. The predicted molar refractivity (Wildman–Crippen MR) is 81.4 cm³/mol. The van der Waals surface area contributed by atoms with Crippen LogP contribution in [0.25, 0.3) is 11.3 Å². The molecular formula is C18H13N3. The fourth-order valence-corrected chi connectivity index (χ4v) is 2.22. The van der Waals surface area contributed by atoms with Gasteiger partial charge in [-0.3, -0.25) is 0 Å². The minimum Gasteiger partial charge on any atom is -0.197 e. The summed E-state index contributed by atoms with van der Waals surface area (Å²) in [5, 5.41) is 17.9. The van der Waals surface area contributed by atoms with Crippen molar-refractivity contribution >= 4 is 0 Å². The Hall–Kier alpha value is -2.99. The molecule has 1 unspecified atom stereocenters. The van der Waals surface area contributed by atoms with Crippen LogP contribution in [0, 0.1) is 11.3 Å². The summed E-state index contributed by atoms with van der Waals surface area (Å²) < 4.78 is 0. The van der Waals surface area contributed by atoms with E-state index in [0.717, 1.165) is 16.8 Å². The Kier molecular flexibility index (Phi) is 3.70. The average molecular weight is 271 g/mol. The van der Waals surface area contributed by atoms with E-state index in [9.17, 15) is 5.26 Å². The lowest BCUT2D eigenvalue weighted by Gasteiger charge is -2.08. The second-order valence-corrected chi connectivity index (χ2v) is 4.68. The van der Waals surface area contributed by atoms with Gasteiger partial charge >= 0.3 is 0 Å². The first kappa shape index (κ1) is 13.0. The summed E-state index contributed by atoms with van der Waals surface area (Å²) in [7, 11) is 0. The Morgan fingerprint density at radius 3 is 2.00 bits per heavy atom. The number of rotatable bonds is 3. The zero-order chi connectivity index (χ0) is 14.5. The summed E-state index contributed by atoms with van der Waals surface area (Å²) in [5.74, 6) is -0.386. The average Bonchev–Trinajstić information content (AvgIpc) is 2.58. The third-order valence-corrected chi connectivity index (χ3v) is 3.31. The van der Waals surface area contributed by atoms with E-state index >= 15 is 0 Å². The van der Waals surface area contributed by atoms with Gasteiger partial charge in [0.15, 0.2) is 0 Å². The van der Waals surface area contributed by atoms with Gasteiger partial charge in [0.2, 0.25) is 0 Å². The monoisotopic (exact) mass is 271 g/mol. The molecule has 1 aromatic heterocycles. The Labute approximate surface area is 123 Å². The molecule has 0 radical (unpaired) electrons. The minimum atomic E-state index is -0.386. The second-order valence-electron chi connectivity index (χ2n) is 4.68. The number of aromatic nitrogens is 2. The number of hydrogen-bond donors (Lipinski definition) is 0. The van der Waals surface area contributed by atoms with Crippen molar-refractivity contribution in [2.45, 2.75) is 5.92 Å². The maximum Gasteiger partial charge on any atom is 0.115 e. The van der Waals surface area contributed by atoms with E-state index in [0.29, 0.717) is 5.69 Å². The predicted octanol–water partition coefficient (Wildman–Crippen LogP) is 3.80. The fraction of sp³-hybridized carbons (Fsp3) is 0.0556. The smallest absolute Gasteiger partial charge is 0.115 e. The van der Waals surface area contributed by atoms with Gasteiger partial charge in [0.1, 0.15) is 5.92 Å². The second kappa shape index (κ2) is 5.98. The molecule has 3 nitrogen and oxygen atoms in total. The molecule has 0 aliphatic rings. The van der Waals surface area contributed by atoms with Gasteiger partial charge in [0.05, 0.1) is 17.5 Å². The molecule has 3 rings (SSSR count). The van der Waals surface area contributed by atoms with Crippen LogP contribution in [0.2, 0.25) is 0 Å². The normalized spacial score (nSPS) is 11.6. The molecule has 0 fully saturated rings. The van der Waals surface area contributed by atoms with Crippen molar-refractivity contribution in [3.8, 4) is 17.3 Å². The SMILES string of the molecule is N#CC(c1ccccc1)c1ccc(-c2ccccc2)nn1. The quantitative estimate of drug-likeness (QED) is 0.728. The lowest BCUT2D eigenvalue weighted by molar-refractivity contribution is 0.888. The van der Waals surface area contributed by atoms with Gasteiger partial charge in [-0.25, -0.2) is 0 Å². The van der Waals surface area contributed by atoms with Crippen molar-refractivity contribution in [3.63, 3.8) is 0 Å². The van der Waals surface area contributed by atoms with Gasteiger partial charge in [-0.05, 0) is 17.7 Å². The van der Waals surface area contributed by atoms with Gasteiger partial charge in [0, 0.05) is 5.56 Å². The van der Waals surface area contributed by atoms with E-state index in [1.807, 2.05) is 72.8 Å². The highest BCUT2D eigenvalue weighted by atomic mass is 15.1. The van der Waals surface area contributed by atoms with Gasteiger partial charge in [0.25, 0.3) is 0 Å². The Morgan fingerprint density at radius 2 is 1.43 bits per heavy atom. The first-order valence-corrected chi connectivity index (χ1v) is 6.72. The lowest BCUT2D eigenvalue weighted by Crippen LogP contribution is -2.02. The van der Waals surface area contributed by atoms with Crippen LogP contribution in [0.1, 0.15) is 17.2 Å². The van der Waals surface area contributed by atoms with Gasteiger partial charge in [-0.2, -0.15) is 15.5 Å². The molecule has 100 valence electrons. The molecule has 3 heteroatoms. The van der Waals surface area contributed by atoms with Crippen molar-refractivity contribution in [2.24, 2.45) is 0 Å². The molecule has 21 heavy (non-hydrogen) atoms. The van der Waals surface area contributed by atoms with Crippen LogP contribution in [0.4, 0.5) is 0 Å². The molecule has 0 saturated heterocycles. The first-order chi connectivity index (χ1) is 10.4. The molecule has 1 atom stereocenters. The van der Waals surface area contributed by atoms with E-state index in [1.165, 1.54) is 0 Å². The zero-order valence-electron chi connectivity index (χ0n) is 11.3. The van der Waals surface area contributed by atoms with Crippen LogP contribution in [-0.2, 0) is 0 Å². The van der Waals surface area contributed by atoms with Crippen molar-refractivity contribution < 1.29 is 0 Å². The molecule has 0 saturated carbocycles. The molecular weight excluding hydrogens is 258 g/mol. The topological polar surface area (TPSA) is 49.6 Å². The van der Waals surface area contributed by atoms with E-state index in [1.54, 1.807) is 0 Å². The minimum absolute atomic E-state index is 0.386. The maximum absolute atomic E-state index is 9.40. The number of nitriles is 1. The van der Waals surface area contributed by atoms with Gasteiger partial charge in [-0.1, -0.05) is 60.7 Å². The summed E-state index contributed by atoms with van der Waals surface area (Å²) in [6.07, 6.45) is 0. The molecule has 0 amide bonds. The molecule has 0 aliphatic heterocycles. The van der Waals surface area contributed by atoms with Gasteiger partial charge in [-0.15, -0.1) is 0 Å². The fourth-order valence-electron chi connectivity index (χ4n) is 2.22. The summed E-state index contributed by atoms with van der Waals surface area (Å²) >= 11 is 0. The van der Waals surface area contributed by atoms with Crippen LogP contribution in [0.5, 0.6) is 0 Å². The van der Waals surface area contributed by atoms with Crippen molar-refractivity contribution in [3.05, 3.63) is 84.1 Å². The van der Waals surface area contributed by atoms with E-state index in [-0.39, 0.29) is 5.92 Å². The number of hydrogen-bond acceptors (Lipinski definition) is 3. The van der Waals surface area contributed by atoms with E-state index in [2.05, 4.69) is 16.3 Å². The van der Waals surface area contributed by atoms with Crippen molar-refractivity contribution in [1.82, 2.24) is 10.2 Å². The highest BCUT2D eigenvalue weighted by Crippen LogP contribution is 2.23. The van der Waals surface area contributed by atoms with Crippen molar-refractivity contribution in [2.75, 3.05) is 0 Å². The first-order valence-electron chi connectivity index (χ1n) is 6.72. The van der Waals surface area contributed by atoms with E-state index < -0.39 is 0 Å². The third kappa shape index (κ3) is 2.80. The van der Waals surface area contributed by atoms with Crippen LogP contribution in [-0.4, -0.2) is 10.2 Å². The molecule has 0 bridgehead atoms. The summed E-state index contributed by atoms with van der Waals surface area (Å²) in [6, 6.07) is 25.6. The third-order valence-electron chi connectivity index (χ3n) is 3.31. The van der Waals surface area contributed by atoms with Crippen LogP contribution >= 0.6 is 0 Å². The highest BCUT2D eigenvalue weighted by Gasteiger charge is 2.15. The Bertz CT molecular complexity index is 744. The zero-order valence-corrected chi connectivity index (χ0v) is 11.3. The standard InChI is InChI=1S/C18H13N3/c19-13-16(14-7-3-1-4-8-14)18-12-11-17(20-21-18)15-9-5-2-6-10-15/h1-12,16H. The Balaban J connectivity index is 1.92.